The number of aromatic nitrogens is 1. The van der Waals surface area contributed by atoms with Crippen molar-refractivity contribution in [2.45, 2.75) is 51.8 Å². The van der Waals surface area contributed by atoms with Gasteiger partial charge >= 0.3 is 12.3 Å². The van der Waals surface area contributed by atoms with E-state index >= 15 is 0 Å². The van der Waals surface area contributed by atoms with Crippen LogP contribution >= 0.6 is 15.9 Å². The molecule has 27 heavy (non-hydrogen) atoms. The van der Waals surface area contributed by atoms with Gasteiger partial charge in [-0.15, -0.1) is 0 Å². The van der Waals surface area contributed by atoms with E-state index in [9.17, 15) is 18.0 Å². The minimum atomic E-state index is -4.54. The van der Waals surface area contributed by atoms with Gasteiger partial charge in [0.1, 0.15) is 11.2 Å². The molecule has 5 nitrogen and oxygen atoms in total. The topological polar surface area (TPSA) is 51.7 Å². The highest BCUT2D eigenvalue weighted by Crippen LogP contribution is 2.36. The summed E-state index contributed by atoms with van der Waals surface area (Å²) in [5.41, 5.74) is -1.47. The number of carbonyl (C=O) groups excluding carboxylic acids is 1. The zero-order valence-electron chi connectivity index (χ0n) is 15.6. The minimum Gasteiger partial charge on any atom is -0.477 e. The number of nitrogens with zero attached hydrogens (tertiary/aromatic N) is 2. The normalized spacial score (nSPS) is 18.3. The Morgan fingerprint density at radius 1 is 1.37 bits per heavy atom. The van der Waals surface area contributed by atoms with Gasteiger partial charge in [-0.25, -0.2) is 9.78 Å². The second kappa shape index (κ2) is 8.67. The van der Waals surface area contributed by atoms with Crippen LogP contribution in [0.3, 0.4) is 0 Å². The third-order valence-corrected chi connectivity index (χ3v) is 4.49. The molecule has 0 N–H and O–H groups in total. The second-order valence-corrected chi connectivity index (χ2v) is 8.49. The average molecular weight is 453 g/mol. The highest BCUT2D eigenvalue weighted by molar-refractivity contribution is 9.10. The molecule has 1 aromatic rings. The summed E-state index contributed by atoms with van der Waals surface area (Å²) in [4.78, 5) is 17.6. The van der Waals surface area contributed by atoms with Crippen LogP contribution in [0.15, 0.2) is 16.7 Å². The molecule has 1 aliphatic heterocycles. The van der Waals surface area contributed by atoms with Crippen molar-refractivity contribution in [1.29, 1.82) is 0 Å². The second-order valence-electron chi connectivity index (χ2n) is 7.58. The Morgan fingerprint density at radius 3 is 2.70 bits per heavy atom. The zero-order valence-corrected chi connectivity index (χ0v) is 17.2. The summed E-state index contributed by atoms with van der Waals surface area (Å²) < 4.78 is 50.2. The Hall–Kier alpha value is -1.51. The van der Waals surface area contributed by atoms with Gasteiger partial charge in [-0.2, -0.15) is 13.2 Å². The number of piperidine rings is 1. The summed E-state index contributed by atoms with van der Waals surface area (Å²) in [5, 5.41) is 0. The van der Waals surface area contributed by atoms with Crippen molar-refractivity contribution in [2.75, 3.05) is 19.7 Å². The minimum absolute atomic E-state index is 0.102. The number of alkyl halides is 3. The lowest BCUT2D eigenvalue weighted by Gasteiger charge is -2.34. The van der Waals surface area contributed by atoms with Crippen LogP contribution in [0.1, 0.15) is 45.6 Å². The molecule has 0 spiro atoms. The van der Waals surface area contributed by atoms with Crippen molar-refractivity contribution < 1.29 is 27.4 Å². The van der Waals surface area contributed by atoms with E-state index in [4.69, 9.17) is 9.47 Å². The third-order valence-electron chi connectivity index (χ3n) is 4.06. The van der Waals surface area contributed by atoms with E-state index in [0.29, 0.717) is 19.5 Å². The van der Waals surface area contributed by atoms with Crippen LogP contribution in [0.5, 0.6) is 5.88 Å². The van der Waals surface area contributed by atoms with Crippen molar-refractivity contribution in [3.63, 3.8) is 0 Å². The predicted octanol–water partition coefficient (Wildman–Crippen LogP) is 5.28. The SMILES string of the molecule is CC(C)(C)OC(=O)N1CCCC(CCOc2ncc(Br)cc2C(F)(F)F)C1. The Labute approximate surface area is 165 Å². The van der Waals surface area contributed by atoms with Gasteiger partial charge in [0.05, 0.1) is 6.61 Å². The predicted molar refractivity (Wildman–Crippen MR) is 97.6 cm³/mol. The molecule has 1 aromatic heterocycles. The fourth-order valence-electron chi connectivity index (χ4n) is 2.86. The Balaban J connectivity index is 1.90. The van der Waals surface area contributed by atoms with E-state index in [1.807, 2.05) is 20.8 Å². The number of halogens is 4. The molecular formula is C18H24BrF3N2O3. The fourth-order valence-corrected chi connectivity index (χ4v) is 3.19. The van der Waals surface area contributed by atoms with Crippen LogP contribution in [0.25, 0.3) is 0 Å². The van der Waals surface area contributed by atoms with Crippen LogP contribution < -0.4 is 4.74 Å². The van der Waals surface area contributed by atoms with E-state index < -0.39 is 23.2 Å². The number of pyridine rings is 1. The van der Waals surface area contributed by atoms with Gasteiger partial charge in [-0.1, -0.05) is 0 Å². The van der Waals surface area contributed by atoms with Crippen LogP contribution in [0.2, 0.25) is 0 Å². The number of likely N-dealkylation sites (tertiary alicyclic amines) is 1. The number of amides is 1. The molecule has 0 aromatic carbocycles. The molecule has 0 radical (unpaired) electrons. The van der Waals surface area contributed by atoms with Crippen molar-refractivity contribution >= 4 is 22.0 Å². The molecule has 1 atom stereocenters. The molecule has 1 fully saturated rings. The lowest BCUT2D eigenvalue weighted by molar-refractivity contribution is -0.139. The molecule has 0 saturated carbocycles. The van der Waals surface area contributed by atoms with E-state index in [-0.39, 0.29) is 23.1 Å². The molecule has 1 aliphatic rings. The highest BCUT2D eigenvalue weighted by Gasteiger charge is 2.36. The van der Waals surface area contributed by atoms with Crippen molar-refractivity contribution in [3.05, 3.63) is 22.3 Å². The van der Waals surface area contributed by atoms with Crippen molar-refractivity contribution in [2.24, 2.45) is 5.92 Å². The van der Waals surface area contributed by atoms with E-state index in [1.54, 1.807) is 4.90 Å². The first kappa shape index (κ1) is 21.8. The molecule has 0 aliphatic carbocycles. The zero-order chi connectivity index (χ0) is 20.2. The quantitative estimate of drug-likeness (QED) is 0.623. The Morgan fingerprint density at radius 2 is 2.07 bits per heavy atom. The van der Waals surface area contributed by atoms with Gasteiger partial charge in [0.15, 0.2) is 0 Å². The number of hydrogen-bond donors (Lipinski definition) is 0. The summed E-state index contributed by atoms with van der Waals surface area (Å²) in [7, 11) is 0. The fraction of sp³-hybridized carbons (Fsp3) is 0.667. The van der Waals surface area contributed by atoms with Crippen LogP contribution in [0.4, 0.5) is 18.0 Å². The lowest BCUT2D eigenvalue weighted by Crippen LogP contribution is -2.43. The maximum Gasteiger partial charge on any atom is 0.421 e. The summed E-state index contributed by atoms with van der Waals surface area (Å²) >= 11 is 2.99. The first-order chi connectivity index (χ1) is 12.5. The standard InChI is InChI=1S/C18H24BrF3N2O3/c1-17(2,3)27-16(25)24-7-4-5-12(11-24)6-8-26-15-14(18(20,21)22)9-13(19)10-23-15/h9-10,12H,4-8,11H2,1-3H3. The van der Waals surface area contributed by atoms with Crippen LogP contribution in [-0.2, 0) is 10.9 Å². The number of rotatable bonds is 4. The monoisotopic (exact) mass is 452 g/mol. The van der Waals surface area contributed by atoms with Crippen molar-refractivity contribution in [1.82, 2.24) is 9.88 Å². The molecule has 2 heterocycles. The molecule has 9 heteroatoms. The summed E-state index contributed by atoms with van der Waals surface area (Å²) in [5.74, 6) is -0.276. The average Bonchev–Trinajstić information content (AvgIpc) is 2.54. The molecule has 0 bridgehead atoms. The maximum atomic E-state index is 13.1. The van der Waals surface area contributed by atoms with Gasteiger partial charge in [0.25, 0.3) is 0 Å². The van der Waals surface area contributed by atoms with E-state index in [0.717, 1.165) is 18.9 Å². The first-order valence-corrected chi connectivity index (χ1v) is 9.58. The number of carbonyl (C=O) groups is 1. The molecule has 1 unspecified atom stereocenters. The number of hydrogen-bond acceptors (Lipinski definition) is 4. The Kier molecular flexibility index (Phi) is 6.99. The molecule has 1 saturated heterocycles. The Bertz CT molecular complexity index is 662. The van der Waals surface area contributed by atoms with Gasteiger partial charge < -0.3 is 14.4 Å². The summed E-state index contributed by atoms with van der Waals surface area (Å²) in [6.45, 7) is 6.67. The van der Waals surface area contributed by atoms with E-state index in [1.165, 1.54) is 6.20 Å². The molecule has 152 valence electrons. The summed E-state index contributed by atoms with van der Waals surface area (Å²) in [6, 6.07) is 0.952. The van der Waals surface area contributed by atoms with Crippen LogP contribution in [-0.4, -0.2) is 41.3 Å². The van der Waals surface area contributed by atoms with Crippen molar-refractivity contribution in [3.8, 4) is 5.88 Å². The van der Waals surface area contributed by atoms with Gasteiger partial charge in [-0.05, 0) is 67.9 Å². The maximum absolute atomic E-state index is 13.1. The van der Waals surface area contributed by atoms with Gasteiger partial charge in [0.2, 0.25) is 5.88 Å². The third kappa shape index (κ3) is 6.86. The molecule has 1 amide bonds. The number of ether oxygens (including phenoxy) is 2. The smallest absolute Gasteiger partial charge is 0.421 e. The summed E-state index contributed by atoms with van der Waals surface area (Å²) in [6.07, 6.45) is -1.37. The van der Waals surface area contributed by atoms with Crippen LogP contribution in [0, 0.1) is 5.92 Å². The largest absolute Gasteiger partial charge is 0.477 e. The van der Waals surface area contributed by atoms with E-state index in [2.05, 4.69) is 20.9 Å². The highest BCUT2D eigenvalue weighted by atomic mass is 79.9. The molecule has 2 rings (SSSR count). The molecular weight excluding hydrogens is 429 g/mol. The lowest BCUT2D eigenvalue weighted by atomic mass is 9.95. The van der Waals surface area contributed by atoms with Gasteiger partial charge in [-0.3, -0.25) is 0 Å². The van der Waals surface area contributed by atoms with Gasteiger partial charge in [0, 0.05) is 23.8 Å². The first-order valence-electron chi connectivity index (χ1n) is 8.79.